The Morgan fingerprint density at radius 2 is 2.00 bits per heavy atom. The van der Waals surface area contributed by atoms with Gasteiger partial charge in [-0.05, 0) is 61.2 Å². The fourth-order valence-electron chi connectivity index (χ4n) is 3.06. The van der Waals surface area contributed by atoms with Crippen LogP contribution in [0.2, 0.25) is 0 Å². The Morgan fingerprint density at radius 1 is 1.17 bits per heavy atom. The second-order valence-electron chi connectivity index (χ2n) is 6.02. The van der Waals surface area contributed by atoms with E-state index < -0.39 is 0 Å². The normalized spacial score (nSPS) is 13.4. The molecule has 1 amide bonds. The van der Waals surface area contributed by atoms with Crippen molar-refractivity contribution in [3.05, 3.63) is 58.7 Å². The number of aryl methyl sites for hydroxylation is 1. The van der Waals surface area contributed by atoms with Crippen molar-refractivity contribution in [3.63, 3.8) is 0 Å². The number of benzene rings is 2. The first-order chi connectivity index (χ1) is 11.6. The van der Waals surface area contributed by atoms with Crippen LogP contribution in [0, 0.1) is 6.92 Å². The smallest absolute Gasteiger partial charge is 0.254 e. The molecule has 0 radical (unpaired) electrons. The zero-order valence-electron chi connectivity index (χ0n) is 14.5. The predicted octanol–water partition coefficient (Wildman–Crippen LogP) is 3.60. The van der Waals surface area contributed by atoms with Crippen molar-refractivity contribution in [2.24, 2.45) is 0 Å². The van der Waals surface area contributed by atoms with Gasteiger partial charge in [0, 0.05) is 18.7 Å². The van der Waals surface area contributed by atoms with Crippen molar-refractivity contribution in [1.29, 1.82) is 0 Å². The average molecular weight is 325 g/mol. The molecule has 3 rings (SSSR count). The van der Waals surface area contributed by atoms with Crippen LogP contribution in [0.3, 0.4) is 0 Å². The number of fused-ring (bicyclic) bond motifs is 1. The maximum atomic E-state index is 12.9. The van der Waals surface area contributed by atoms with Crippen LogP contribution in [-0.4, -0.2) is 31.1 Å². The molecule has 1 heterocycles. The molecule has 4 nitrogen and oxygen atoms in total. The molecule has 0 saturated heterocycles. The summed E-state index contributed by atoms with van der Waals surface area (Å²) in [4.78, 5) is 14.8. The second kappa shape index (κ2) is 6.95. The first-order valence-electron chi connectivity index (χ1n) is 8.31. The molecule has 0 atom stereocenters. The van der Waals surface area contributed by atoms with Crippen molar-refractivity contribution in [2.75, 3.05) is 20.3 Å². The van der Waals surface area contributed by atoms with E-state index in [1.54, 1.807) is 7.11 Å². The Morgan fingerprint density at radius 3 is 2.75 bits per heavy atom. The molecule has 1 aliphatic rings. The number of hydrogen-bond donors (Lipinski definition) is 0. The van der Waals surface area contributed by atoms with E-state index in [0.29, 0.717) is 18.7 Å². The summed E-state index contributed by atoms with van der Waals surface area (Å²) in [5, 5.41) is 0. The highest BCUT2D eigenvalue weighted by atomic mass is 16.5. The molecule has 4 heteroatoms. The van der Waals surface area contributed by atoms with E-state index in [0.717, 1.165) is 35.6 Å². The van der Waals surface area contributed by atoms with Crippen molar-refractivity contribution in [3.8, 4) is 11.5 Å². The highest BCUT2D eigenvalue weighted by Crippen LogP contribution is 2.26. The zero-order chi connectivity index (χ0) is 17.1. The number of hydrogen-bond acceptors (Lipinski definition) is 3. The van der Waals surface area contributed by atoms with Crippen molar-refractivity contribution >= 4 is 5.91 Å². The summed E-state index contributed by atoms with van der Waals surface area (Å²) < 4.78 is 10.9. The number of carbonyl (C=O) groups is 1. The minimum absolute atomic E-state index is 0.0458. The summed E-state index contributed by atoms with van der Waals surface area (Å²) in [5.41, 5.74) is 4.17. The third kappa shape index (κ3) is 3.23. The maximum absolute atomic E-state index is 12.9. The number of ether oxygens (including phenoxy) is 2. The standard InChI is InChI=1S/C20H23NO3/c1-4-24-19-12-16(6-5-14(19)2)20(22)21-10-9-15-7-8-18(23-3)11-17(15)13-21/h5-8,11-12H,4,9-10,13H2,1-3H3. The van der Waals surface area contributed by atoms with Gasteiger partial charge in [0.05, 0.1) is 13.7 Å². The Labute approximate surface area is 143 Å². The summed E-state index contributed by atoms with van der Waals surface area (Å²) in [5.74, 6) is 1.66. The van der Waals surface area contributed by atoms with Gasteiger partial charge in [-0.25, -0.2) is 0 Å². The van der Waals surface area contributed by atoms with Gasteiger partial charge in [-0.2, -0.15) is 0 Å². The maximum Gasteiger partial charge on any atom is 0.254 e. The van der Waals surface area contributed by atoms with Crippen molar-refractivity contribution < 1.29 is 14.3 Å². The van der Waals surface area contributed by atoms with Gasteiger partial charge < -0.3 is 14.4 Å². The van der Waals surface area contributed by atoms with E-state index in [9.17, 15) is 4.79 Å². The molecule has 2 aromatic rings. The molecule has 0 spiro atoms. The van der Waals surface area contributed by atoms with E-state index >= 15 is 0 Å². The summed E-state index contributed by atoms with van der Waals surface area (Å²) in [6.07, 6.45) is 0.870. The second-order valence-corrected chi connectivity index (χ2v) is 6.02. The topological polar surface area (TPSA) is 38.8 Å². The highest BCUT2D eigenvalue weighted by molar-refractivity contribution is 5.95. The molecule has 0 unspecified atom stereocenters. The van der Waals surface area contributed by atoms with Crippen molar-refractivity contribution in [2.45, 2.75) is 26.8 Å². The molecular formula is C20H23NO3. The molecule has 0 saturated carbocycles. The van der Waals surface area contributed by atoms with Gasteiger partial charge >= 0.3 is 0 Å². The molecule has 126 valence electrons. The van der Waals surface area contributed by atoms with Crippen LogP contribution in [0.5, 0.6) is 11.5 Å². The quantitative estimate of drug-likeness (QED) is 0.862. The number of rotatable bonds is 4. The Bertz CT molecular complexity index is 755. The molecule has 1 aliphatic heterocycles. The monoisotopic (exact) mass is 325 g/mol. The van der Waals surface area contributed by atoms with E-state index in [1.807, 2.05) is 49.1 Å². The van der Waals surface area contributed by atoms with E-state index in [1.165, 1.54) is 5.56 Å². The molecule has 0 N–H and O–H groups in total. The van der Waals surface area contributed by atoms with Crippen LogP contribution >= 0.6 is 0 Å². The Hall–Kier alpha value is -2.49. The number of amides is 1. The first-order valence-corrected chi connectivity index (χ1v) is 8.31. The fourth-order valence-corrected chi connectivity index (χ4v) is 3.06. The summed E-state index contributed by atoms with van der Waals surface area (Å²) in [7, 11) is 1.66. The van der Waals surface area contributed by atoms with Gasteiger partial charge in [0.15, 0.2) is 0 Å². The number of methoxy groups -OCH3 is 1. The van der Waals surface area contributed by atoms with Crippen LogP contribution in [0.4, 0.5) is 0 Å². The summed E-state index contributed by atoms with van der Waals surface area (Å²) in [6.45, 7) is 5.88. The van der Waals surface area contributed by atoms with Crippen LogP contribution in [0.15, 0.2) is 36.4 Å². The Kier molecular flexibility index (Phi) is 4.74. The van der Waals surface area contributed by atoms with E-state index in [-0.39, 0.29) is 5.91 Å². The largest absolute Gasteiger partial charge is 0.497 e. The van der Waals surface area contributed by atoms with Gasteiger partial charge in [-0.15, -0.1) is 0 Å². The SMILES string of the molecule is CCOc1cc(C(=O)N2CCc3ccc(OC)cc3C2)ccc1C. The van der Waals surface area contributed by atoms with Crippen molar-refractivity contribution in [1.82, 2.24) is 4.90 Å². The van der Waals surface area contributed by atoms with Gasteiger partial charge in [0.25, 0.3) is 5.91 Å². The highest BCUT2D eigenvalue weighted by Gasteiger charge is 2.22. The predicted molar refractivity (Wildman–Crippen MR) is 93.8 cm³/mol. The van der Waals surface area contributed by atoms with Gasteiger partial charge in [0.2, 0.25) is 0 Å². The first kappa shape index (κ1) is 16.4. The van der Waals surface area contributed by atoms with Crippen LogP contribution in [0.25, 0.3) is 0 Å². The van der Waals surface area contributed by atoms with Gasteiger partial charge in [-0.3, -0.25) is 4.79 Å². The van der Waals surface area contributed by atoms with Crippen LogP contribution < -0.4 is 9.47 Å². The lowest BCUT2D eigenvalue weighted by molar-refractivity contribution is 0.0734. The summed E-state index contributed by atoms with van der Waals surface area (Å²) >= 11 is 0. The van der Waals surface area contributed by atoms with E-state index in [2.05, 4.69) is 6.07 Å². The van der Waals surface area contributed by atoms with Gasteiger partial charge in [0.1, 0.15) is 11.5 Å². The molecule has 0 fully saturated rings. The van der Waals surface area contributed by atoms with E-state index in [4.69, 9.17) is 9.47 Å². The third-order valence-electron chi connectivity index (χ3n) is 4.45. The molecular weight excluding hydrogens is 302 g/mol. The molecule has 0 aromatic heterocycles. The Balaban J connectivity index is 1.82. The van der Waals surface area contributed by atoms with Crippen LogP contribution in [0.1, 0.15) is 34.0 Å². The molecule has 2 aromatic carbocycles. The minimum atomic E-state index is 0.0458. The third-order valence-corrected chi connectivity index (χ3v) is 4.45. The lowest BCUT2D eigenvalue weighted by Gasteiger charge is -2.29. The fraction of sp³-hybridized carbons (Fsp3) is 0.350. The molecule has 0 aliphatic carbocycles. The molecule has 0 bridgehead atoms. The lowest BCUT2D eigenvalue weighted by Crippen LogP contribution is -2.36. The van der Waals surface area contributed by atoms with Crippen LogP contribution in [-0.2, 0) is 13.0 Å². The average Bonchev–Trinajstić information content (AvgIpc) is 2.62. The van der Waals surface area contributed by atoms with Gasteiger partial charge in [-0.1, -0.05) is 12.1 Å². The number of carbonyl (C=O) groups excluding carboxylic acids is 1. The summed E-state index contributed by atoms with van der Waals surface area (Å²) in [6, 6.07) is 11.8. The number of nitrogens with zero attached hydrogens (tertiary/aromatic N) is 1. The minimum Gasteiger partial charge on any atom is -0.497 e. The zero-order valence-corrected chi connectivity index (χ0v) is 14.5. The molecule has 24 heavy (non-hydrogen) atoms. The lowest BCUT2D eigenvalue weighted by atomic mass is 9.98.